The van der Waals surface area contributed by atoms with Crippen LogP contribution in [0.1, 0.15) is 5.56 Å². The van der Waals surface area contributed by atoms with Crippen LogP contribution in [-0.4, -0.2) is 17.1 Å². The molecule has 1 aromatic heterocycles. The highest BCUT2D eigenvalue weighted by atomic mass is 79.9. The fourth-order valence-electron chi connectivity index (χ4n) is 1.41. The summed E-state index contributed by atoms with van der Waals surface area (Å²) in [5.74, 6) is 1.76. The minimum atomic E-state index is 0.415. The molecule has 2 rings (SSSR count). The molecule has 0 unspecified atom stereocenters. The summed E-state index contributed by atoms with van der Waals surface area (Å²) < 4.78 is 11.5. The fourth-order valence-corrected chi connectivity index (χ4v) is 1.71. The minimum absolute atomic E-state index is 0.415. The van der Waals surface area contributed by atoms with Crippen molar-refractivity contribution in [1.82, 2.24) is 9.97 Å². The number of benzene rings is 1. The van der Waals surface area contributed by atoms with Crippen LogP contribution in [-0.2, 0) is 6.54 Å². The van der Waals surface area contributed by atoms with Crippen LogP contribution in [0.15, 0.2) is 35.2 Å². The van der Waals surface area contributed by atoms with E-state index < -0.39 is 0 Å². The Labute approximate surface area is 113 Å². The molecule has 0 aliphatic carbocycles. The summed E-state index contributed by atoms with van der Waals surface area (Å²) in [4.78, 5) is 7.90. The van der Waals surface area contributed by atoms with E-state index in [0.717, 1.165) is 5.56 Å². The topological polar surface area (TPSA) is 70.3 Å². The summed E-state index contributed by atoms with van der Waals surface area (Å²) in [6.07, 6.45) is 3.04. The van der Waals surface area contributed by atoms with E-state index in [0.29, 0.717) is 28.4 Å². The number of rotatable bonds is 4. The van der Waals surface area contributed by atoms with Gasteiger partial charge in [0.1, 0.15) is 17.8 Å². The predicted octanol–water partition coefficient (Wildman–Crippen LogP) is 2.50. The Hall–Kier alpha value is -1.66. The highest BCUT2D eigenvalue weighted by molar-refractivity contribution is 9.10. The van der Waals surface area contributed by atoms with Crippen LogP contribution in [0.25, 0.3) is 0 Å². The molecule has 0 fully saturated rings. The van der Waals surface area contributed by atoms with Gasteiger partial charge in [0.2, 0.25) is 5.88 Å². The summed E-state index contributed by atoms with van der Waals surface area (Å²) in [5, 5.41) is 0. The second-order valence-electron chi connectivity index (χ2n) is 3.50. The third kappa shape index (κ3) is 2.96. The van der Waals surface area contributed by atoms with Crippen LogP contribution in [0.3, 0.4) is 0 Å². The third-order valence-electron chi connectivity index (χ3n) is 2.26. The van der Waals surface area contributed by atoms with Gasteiger partial charge in [-0.25, -0.2) is 9.97 Å². The zero-order valence-corrected chi connectivity index (χ0v) is 11.3. The number of methoxy groups -OCH3 is 1. The summed E-state index contributed by atoms with van der Waals surface area (Å²) in [6.45, 7) is 0.415. The Morgan fingerprint density at radius 2 is 2.06 bits per heavy atom. The van der Waals surface area contributed by atoms with Crippen molar-refractivity contribution in [2.24, 2.45) is 5.73 Å². The van der Waals surface area contributed by atoms with Crippen molar-refractivity contribution in [3.63, 3.8) is 0 Å². The lowest BCUT2D eigenvalue weighted by molar-refractivity contribution is 0.406. The summed E-state index contributed by atoms with van der Waals surface area (Å²) in [7, 11) is 1.60. The molecule has 5 nitrogen and oxygen atoms in total. The van der Waals surface area contributed by atoms with Gasteiger partial charge in [-0.15, -0.1) is 0 Å². The van der Waals surface area contributed by atoms with E-state index in [-0.39, 0.29) is 0 Å². The monoisotopic (exact) mass is 309 g/mol. The number of ether oxygens (including phenoxy) is 2. The third-order valence-corrected chi connectivity index (χ3v) is 2.80. The van der Waals surface area contributed by atoms with E-state index in [2.05, 4.69) is 25.9 Å². The van der Waals surface area contributed by atoms with Crippen molar-refractivity contribution in [2.45, 2.75) is 6.54 Å². The van der Waals surface area contributed by atoms with Crippen LogP contribution in [0.5, 0.6) is 17.4 Å². The summed E-state index contributed by atoms with van der Waals surface area (Å²) in [5.41, 5.74) is 6.55. The highest BCUT2D eigenvalue weighted by Gasteiger charge is 2.06. The smallest absolute Gasteiger partial charge is 0.236 e. The zero-order valence-electron chi connectivity index (χ0n) is 9.76. The van der Waals surface area contributed by atoms with E-state index in [9.17, 15) is 0 Å². The number of aromatic nitrogens is 2. The molecule has 0 saturated heterocycles. The minimum Gasteiger partial charge on any atom is -0.497 e. The first-order valence-electron chi connectivity index (χ1n) is 5.24. The van der Waals surface area contributed by atoms with E-state index >= 15 is 0 Å². The molecule has 0 spiro atoms. The van der Waals surface area contributed by atoms with Gasteiger partial charge in [-0.05, 0) is 33.6 Å². The van der Waals surface area contributed by atoms with Gasteiger partial charge in [-0.3, -0.25) is 0 Å². The van der Waals surface area contributed by atoms with Gasteiger partial charge in [0.15, 0.2) is 0 Å². The van der Waals surface area contributed by atoms with E-state index in [1.807, 2.05) is 12.1 Å². The quantitative estimate of drug-likeness (QED) is 0.939. The molecule has 0 bridgehead atoms. The predicted molar refractivity (Wildman–Crippen MR) is 70.7 cm³/mol. The zero-order chi connectivity index (χ0) is 13.0. The van der Waals surface area contributed by atoms with Gasteiger partial charge >= 0.3 is 0 Å². The Morgan fingerprint density at radius 3 is 2.72 bits per heavy atom. The highest BCUT2D eigenvalue weighted by Crippen LogP contribution is 2.29. The summed E-state index contributed by atoms with van der Waals surface area (Å²) in [6, 6.07) is 5.48. The van der Waals surface area contributed by atoms with E-state index in [4.69, 9.17) is 15.2 Å². The van der Waals surface area contributed by atoms with Crippen molar-refractivity contribution < 1.29 is 9.47 Å². The summed E-state index contributed by atoms with van der Waals surface area (Å²) >= 11 is 3.32. The average Bonchev–Trinajstić information content (AvgIpc) is 2.41. The number of nitrogens with two attached hydrogens (primary N) is 1. The lowest BCUT2D eigenvalue weighted by atomic mass is 10.2. The lowest BCUT2D eigenvalue weighted by Gasteiger charge is -2.09. The second kappa shape index (κ2) is 5.79. The Balaban J connectivity index is 2.31. The first kappa shape index (κ1) is 12.8. The maximum atomic E-state index is 5.66. The average molecular weight is 310 g/mol. The Bertz CT molecular complexity index is 526. The lowest BCUT2D eigenvalue weighted by Crippen LogP contribution is -1.98. The molecule has 2 N–H and O–H groups in total. The molecule has 0 atom stereocenters. The molecule has 1 heterocycles. The molecular formula is C12H12BrN3O2. The largest absolute Gasteiger partial charge is 0.497 e. The SMILES string of the molecule is COc1cc(CN)cc(Oc2ncncc2Br)c1. The molecule has 18 heavy (non-hydrogen) atoms. The van der Waals surface area contributed by atoms with Gasteiger partial charge in [0.05, 0.1) is 11.6 Å². The van der Waals surface area contributed by atoms with Crippen LogP contribution >= 0.6 is 15.9 Å². The van der Waals surface area contributed by atoms with E-state index in [1.165, 1.54) is 6.33 Å². The normalized spacial score (nSPS) is 10.2. The first-order valence-corrected chi connectivity index (χ1v) is 6.03. The first-order chi connectivity index (χ1) is 8.72. The van der Waals surface area contributed by atoms with Crippen molar-refractivity contribution in [2.75, 3.05) is 7.11 Å². The molecular weight excluding hydrogens is 298 g/mol. The number of hydrogen-bond acceptors (Lipinski definition) is 5. The second-order valence-corrected chi connectivity index (χ2v) is 4.35. The Morgan fingerprint density at radius 1 is 1.28 bits per heavy atom. The molecule has 1 aromatic carbocycles. The van der Waals surface area contributed by atoms with Crippen molar-refractivity contribution >= 4 is 15.9 Å². The van der Waals surface area contributed by atoms with Crippen molar-refractivity contribution in [3.05, 3.63) is 40.8 Å². The van der Waals surface area contributed by atoms with Gasteiger partial charge in [0.25, 0.3) is 0 Å². The standard InChI is InChI=1S/C12H12BrN3O2/c1-17-9-2-8(5-14)3-10(4-9)18-12-11(13)6-15-7-16-12/h2-4,6-7H,5,14H2,1H3. The molecule has 2 aromatic rings. The van der Waals surface area contributed by atoms with Crippen LogP contribution in [0.2, 0.25) is 0 Å². The molecule has 0 aliphatic rings. The van der Waals surface area contributed by atoms with Crippen molar-refractivity contribution in [1.29, 1.82) is 0 Å². The molecule has 0 amide bonds. The number of nitrogens with zero attached hydrogens (tertiary/aromatic N) is 2. The van der Waals surface area contributed by atoms with E-state index in [1.54, 1.807) is 19.4 Å². The van der Waals surface area contributed by atoms with Gasteiger partial charge in [0, 0.05) is 18.8 Å². The Kier molecular flexibility index (Phi) is 4.11. The number of halogens is 1. The molecule has 0 aliphatic heterocycles. The fraction of sp³-hybridized carbons (Fsp3) is 0.167. The molecule has 0 saturated carbocycles. The van der Waals surface area contributed by atoms with Crippen molar-refractivity contribution in [3.8, 4) is 17.4 Å². The van der Waals surface area contributed by atoms with Gasteiger partial charge < -0.3 is 15.2 Å². The molecule has 6 heteroatoms. The van der Waals surface area contributed by atoms with Gasteiger partial charge in [-0.1, -0.05) is 0 Å². The van der Waals surface area contributed by atoms with Crippen LogP contribution < -0.4 is 15.2 Å². The maximum Gasteiger partial charge on any atom is 0.236 e. The van der Waals surface area contributed by atoms with Crippen LogP contribution in [0, 0.1) is 0 Å². The molecule has 94 valence electrons. The van der Waals surface area contributed by atoms with Crippen LogP contribution in [0.4, 0.5) is 0 Å². The maximum absolute atomic E-state index is 5.66. The number of hydrogen-bond donors (Lipinski definition) is 1. The molecule has 0 radical (unpaired) electrons. The van der Waals surface area contributed by atoms with Gasteiger partial charge in [-0.2, -0.15) is 0 Å².